The summed E-state index contributed by atoms with van der Waals surface area (Å²) in [5.74, 6) is 0.767. The molecule has 0 bridgehead atoms. The molecular weight excluding hydrogens is 342 g/mol. The van der Waals surface area contributed by atoms with Crippen molar-refractivity contribution in [1.82, 2.24) is 5.32 Å². The minimum absolute atomic E-state index is 0.0526. The summed E-state index contributed by atoms with van der Waals surface area (Å²) in [5, 5.41) is 4.54. The van der Waals surface area contributed by atoms with Crippen LogP contribution >= 0.6 is 11.6 Å². The lowest BCUT2D eigenvalue weighted by Gasteiger charge is -2.47. The third-order valence-electron chi connectivity index (χ3n) is 6.31. The van der Waals surface area contributed by atoms with E-state index in [0.29, 0.717) is 11.5 Å². The van der Waals surface area contributed by atoms with Gasteiger partial charge in [-0.05, 0) is 81.5 Å². The van der Waals surface area contributed by atoms with Gasteiger partial charge < -0.3 is 10.1 Å². The largest absolute Gasteiger partial charge is 0.375 e. The van der Waals surface area contributed by atoms with Crippen molar-refractivity contribution in [3.63, 3.8) is 0 Å². The second kappa shape index (κ2) is 9.57. The van der Waals surface area contributed by atoms with E-state index in [2.05, 4.69) is 52.1 Å². The maximum atomic E-state index is 6.15. The predicted molar refractivity (Wildman–Crippen MR) is 113 cm³/mol. The van der Waals surface area contributed by atoms with Crippen LogP contribution < -0.4 is 5.32 Å². The summed E-state index contributed by atoms with van der Waals surface area (Å²) in [6.07, 6.45) is 7.36. The van der Waals surface area contributed by atoms with E-state index in [1.165, 1.54) is 37.7 Å². The van der Waals surface area contributed by atoms with Gasteiger partial charge in [0.25, 0.3) is 0 Å². The summed E-state index contributed by atoms with van der Waals surface area (Å²) >= 11 is 6.01. The lowest BCUT2D eigenvalue weighted by Crippen LogP contribution is -2.44. The average molecular weight is 380 g/mol. The molecule has 3 atom stereocenters. The van der Waals surface area contributed by atoms with Gasteiger partial charge in [-0.15, -0.1) is 0 Å². The number of hydrogen-bond acceptors (Lipinski definition) is 2. The van der Waals surface area contributed by atoms with E-state index in [0.717, 1.165) is 30.5 Å². The van der Waals surface area contributed by atoms with Gasteiger partial charge in [0.15, 0.2) is 0 Å². The maximum absolute atomic E-state index is 6.15. The Balaban J connectivity index is 1.96. The molecule has 0 radical (unpaired) electrons. The van der Waals surface area contributed by atoms with Crippen molar-refractivity contribution in [2.45, 2.75) is 84.8 Å². The third-order valence-corrected chi connectivity index (χ3v) is 6.56. The zero-order chi connectivity index (χ0) is 19.2. The fraction of sp³-hybridized carbons (Fsp3) is 0.739. The quantitative estimate of drug-likeness (QED) is 0.510. The minimum atomic E-state index is 0.0526. The fourth-order valence-electron chi connectivity index (χ4n) is 4.24. The maximum Gasteiger partial charge on any atom is 0.0657 e. The molecule has 0 aromatic heterocycles. The molecule has 0 aliphatic carbocycles. The molecule has 148 valence electrons. The second-order valence-corrected chi connectivity index (χ2v) is 9.43. The number of rotatable bonds is 9. The number of benzene rings is 1. The van der Waals surface area contributed by atoms with Gasteiger partial charge in [-0.1, -0.05) is 50.9 Å². The highest BCUT2D eigenvalue weighted by Crippen LogP contribution is 2.46. The zero-order valence-electron chi connectivity index (χ0n) is 17.4. The molecule has 1 aromatic carbocycles. The van der Waals surface area contributed by atoms with Crippen molar-refractivity contribution in [2.24, 2.45) is 11.3 Å². The fourth-order valence-corrected chi connectivity index (χ4v) is 4.37. The van der Waals surface area contributed by atoms with Gasteiger partial charge >= 0.3 is 0 Å². The summed E-state index contributed by atoms with van der Waals surface area (Å²) in [6.45, 7) is 13.5. The Kier molecular flexibility index (Phi) is 8.00. The highest BCUT2D eigenvalue weighted by Gasteiger charge is 2.41. The Bertz CT molecular complexity index is 544. The standard InChI is InChI=1S/C23H38ClNO/c1-6-22(5)17-23(14-16-26-22,12-11-18(2)3)13-15-25-19(4)20-7-9-21(24)10-8-20/h7-10,18-19,25H,6,11-17H2,1-5H3/t19-,22+,23+/m0/s1. The van der Waals surface area contributed by atoms with Crippen molar-refractivity contribution in [1.29, 1.82) is 0 Å². The summed E-state index contributed by atoms with van der Waals surface area (Å²) in [5.41, 5.74) is 1.77. The van der Waals surface area contributed by atoms with E-state index < -0.39 is 0 Å². The lowest BCUT2D eigenvalue weighted by atomic mass is 9.67. The van der Waals surface area contributed by atoms with Gasteiger partial charge in [0.05, 0.1) is 5.60 Å². The molecule has 1 aromatic rings. The van der Waals surface area contributed by atoms with Crippen LogP contribution in [-0.4, -0.2) is 18.8 Å². The summed E-state index contributed by atoms with van der Waals surface area (Å²) in [7, 11) is 0. The van der Waals surface area contributed by atoms with Crippen LogP contribution in [0.5, 0.6) is 0 Å². The smallest absolute Gasteiger partial charge is 0.0657 e. The van der Waals surface area contributed by atoms with Crippen LogP contribution in [0.15, 0.2) is 24.3 Å². The monoisotopic (exact) mass is 379 g/mol. The molecule has 26 heavy (non-hydrogen) atoms. The molecule has 0 amide bonds. The molecule has 1 N–H and O–H groups in total. The molecule has 0 saturated carbocycles. The highest BCUT2D eigenvalue weighted by atomic mass is 35.5. The van der Waals surface area contributed by atoms with Crippen molar-refractivity contribution in [3.8, 4) is 0 Å². The SMILES string of the molecule is CC[C@]1(C)C[C@@](CCN[C@@H](C)c2ccc(Cl)cc2)(CCC(C)C)CCO1. The molecule has 0 unspecified atom stereocenters. The summed E-state index contributed by atoms with van der Waals surface area (Å²) in [4.78, 5) is 0. The molecule has 2 rings (SSSR count). The average Bonchev–Trinajstić information content (AvgIpc) is 2.61. The van der Waals surface area contributed by atoms with Crippen molar-refractivity contribution in [3.05, 3.63) is 34.9 Å². The van der Waals surface area contributed by atoms with Crippen LogP contribution in [-0.2, 0) is 4.74 Å². The Morgan fingerprint density at radius 3 is 2.46 bits per heavy atom. The summed E-state index contributed by atoms with van der Waals surface area (Å²) < 4.78 is 6.15. The predicted octanol–water partition coefficient (Wildman–Crippen LogP) is 6.78. The van der Waals surface area contributed by atoms with Crippen LogP contribution in [0.1, 0.15) is 84.7 Å². The van der Waals surface area contributed by atoms with Gasteiger partial charge in [0.1, 0.15) is 0 Å². The van der Waals surface area contributed by atoms with Gasteiger partial charge in [0, 0.05) is 17.7 Å². The number of hydrogen-bond donors (Lipinski definition) is 1. The molecule has 1 heterocycles. The van der Waals surface area contributed by atoms with Crippen molar-refractivity contribution < 1.29 is 4.74 Å². The first-order valence-corrected chi connectivity index (χ1v) is 10.8. The van der Waals surface area contributed by atoms with E-state index in [9.17, 15) is 0 Å². The van der Waals surface area contributed by atoms with Crippen molar-refractivity contribution in [2.75, 3.05) is 13.2 Å². The van der Waals surface area contributed by atoms with E-state index in [1.54, 1.807) is 0 Å². The van der Waals surface area contributed by atoms with E-state index in [-0.39, 0.29) is 5.60 Å². The van der Waals surface area contributed by atoms with Gasteiger partial charge in [-0.3, -0.25) is 0 Å². The first-order valence-electron chi connectivity index (χ1n) is 10.4. The van der Waals surface area contributed by atoms with Crippen LogP contribution in [0.3, 0.4) is 0 Å². The van der Waals surface area contributed by atoms with Crippen molar-refractivity contribution >= 4 is 11.6 Å². The van der Waals surface area contributed by atoms with Crippen LogP contribution in [0, 0.1) is 11.3 Å². The molecule has 1 saturated heterocycles. The minimum Gasteiger partial charge on any atom is -0.375 e. The molecule has 0 spiro atoms. The highest BCUT2D eigenvalue weighted by molar-refractivity contribution is 6.30. The third kappa shape index (κ3) is 6.25. The topological polar surface area (TPSA) is 21.3 Å². The molecular formula is C23H38ClNO. The number of ether oxygens (including phenoxy) is 1. The van der Waals surface area contributed by atoms with Gasteiger partial charge in [-0.2, -0.15) is 0 Å². The van der Waals surface area contributed by atoms with Crippen LogP contribution in [0.4, 0.5) is 0 Å². The van der Waals surface area contributed by atoms with Crippen LogP contribution in [0.2, 0.25) is 5.02 Å². The zero-order valence-corrected chi connectivity index (χ0v) is 18.2. The Hall–Kier alpha value is -0.570. The van der Waals surface area contributed by atoms with E-state index in [4.69, 9.17) is 16.3 Å². The first-order chi connectivity index (χ1) is 12.3. The normalized spacial score (nSPS) is 27.7. The molecule has 3 heteroatoms. The number of nitrogens with one attached hydrogen (secondary N) is 1. The van der Waals surface area contributed by atoms with Crippen LogP contribution in [0.25, 0.3) is 0 Å². The van der Waals surface area contributed by atoms with E-state index in [1.807, 2.05) is 12.1 Å². The number of halogens is 1. The molecule has 2 nitrogen and oxygen atoms in total. The molecule has 1 aliphatic rings. The van der Waals surface area contributed by atoms with Gasteiger partial charge in [-0.25, -0.2) is 0 Å². The Morgan fingerprint density at radius 2 is 1.85 bits per heavy atom. The summed E-state index contributed by atoms with van der Waals surface area (Å²) in [6, 6.07) is 8.55. The Morgan fingerprint density at radius 1 is 1.15 bits per heavy atom. The Labute approximate surface area is 166 Å². The lowest BCUT2D eigenvalue weighted by molar-refractivity contribution is -0.123. The van der Waals surface area contributed by atoms with E-state index >= 15 is 0 Å². The first kappa shape index (κ1) is 21.7. The molecule has 1 aliphatic heterocycles. The second-order valence-electron chi connectivity index (χ2n) is 8.99. The molecule has 1 fully saturated rings. The van der Waals surface area contributed by atoms with Gasteiger partial charge in [0.2, 0.25) is 0 Å².